The predicted molar refractivity (Wildman–Crippen MR) is 156 cm³/mol. The molecule has 42 heavy (non-hydrogen) atoms. The summed E-state index contributed by atoms with van der Waals surface area (Å²) in [6, 6.07) is 13.6. The maximum Gasteiger partial charge on any atom is 0.300 e. The van der Waals surface area contributed by atoms with E-state index < -0.39 is 24.1 Å². The lowest BCUT2D eigenvalue weighted by molar-refractivity contribution is -0.150. The van der Waals surface area contributed by atoms with E-state index in [1.54, 1.807) is 41.1 Å². The van der Waals surface area contributed by atoms with Crippen LogP contribution < -0.4 is 5.73 Å². The number of nitrogens with zero attached hydrogens (tertiary/aromatic N) is 3. The van der Waals surface area contributed by atoms with Gasteiger partial charge in [-0.05, 0) is 55.4 Å². The summed E-state index contributed by atoms with van der Waals surface area (Å²) in [4.78, 5) is 54.6. The second-order valence-corrected chi connectivity index (χ2v) is 10.9. The van der Waals surface area contributed by atoms with Crippen LogP contribution in [-0.4, -0.2) is 105 Å². The van der Waals surface area contributed by atoms with Crippen molar-refractivity contribution >= 4 is 23.7 Å². The fourth-order valence-corrected chi connectivity index (χ4v) is 5.60. The van der Waals surface area contributed by atoms with Crippen LogP contribution >= 0.6 is 0 Å². The number of aliphatic carboxylic acids is 1. The van der Waals surface area contributed by atoms with E-state index in [4.69, 9.17) is 15.6 Å². The number of hydrogen-bond acceptors (Lipinski definition) is 7. The van der Waals surface area contributed by atoms with Gasteiger partial charge in [0.05, 0.1) is 18.7 Å². The Morgan fingerprint density at radius 2 is 1.48 bits per heavy atom. The number of likely N-dealkylation sites (N-methyl/N-ethyl adjacent to an activating group) is 1. The molecule has 0 aromatic heterocycles. The van der Waals surface area contributed by atoms with E-state index in [2.05, 4.69) is 0 Å². The number of carboxylic acids is 1. The van der Waals surface area contributed by atoms with Crippen LogP contribution in [0.2, 0.25) is 0 Å². The average Bonchev–Trinajstić information content (AvgIpc) is 3.66. The molecule has 2 aliphatic heterocycles. The minimum Gasteiger partial charge on any atom is -0.508 e. The Morgan fingerprint density at radius 1 is 0.905 bits per heavy atom. The maximum atomic E-state index is 13.8. The molecule has 2 aromatic carbocycles. The van der Waals surface area contributed by atoms with Crippen molar-refractivity contribution in [3.8, 4) is 5.75 Å². The molecule has 4 rings (SSSR count). The third kappa shape index (κ3) is 8.53. The van der Waals surface area contributed by atoms with Crippen LogP contribution in [-0.2, 0) is 32.0 Å². The summed E-state index contributed by atoms with van der Waals surface area (Å²) in [6.07, 6.45) is 3.38. The number of hydrogen-bond donors (Lipinski definition) is 4. The van der Waals surface area contributed by atoms with Crippen LogP contribution in [0.15, 0.2) is 54.6 Å². The third-order valence-electron chi connectivity index (χ3n) is 7.77. The van der Waals surface area contributed by atoms with E-state index in [9.17, 15) is 24.6 Å². The van der Waals surface area contributed by atoms with Gasteiger partial charge in [-0.25, -0.2) is 0 Å². The molecule has 2 fully saturated rings. The zero-order chi connectivity index (χ0) is 30.8. The van der Waals surface area contributed by atoms with Crippen LogP contribution in [0, 0.1) is 0 Å². The van der Waals surface area contributed by atoms with Gasteiger partial charge in [-0.2, -0.15) is 0 Å². The molecule has 11 heteroatoms. The smallest absolute Gasteiger partial charge is 0.300 e. The molecule has 2 aliphatic rings. The number of likely N-dealkylation sites (tertiary alicyclic amines) is 2. The molecular weight excluding hydrogens is 540 g/mol. The molecular formula is C31H42N4O7. The molecule has 0 bridgehead atoms. The van der Waals surface area contributed by atoms with Crippen LogP contribution in [0.1, 0.15) is 43.7 Å². The molecule has 4 atom stereocenters. The zero-order valence-electron chi connectivity index (χ0n) is 24.3. The minimum absolute atomic E-state index is 0.106. The highest BCUT2D eigenvalue weighted by molar-refractivity contribution is 5.93. The Hall–Kier alpha value is -3.96. The van der Waals surface area contributed by atoms with Crippen LogP contribution in [0.3, 0.4) is 0 Å². The molecule has 2 heterocycles. The first-order valence-corrected chi connectivity index (χ1v) is 14.3. The molecule has 0 radical (unpaired) electrons. The Kier molecular flexibility index (Phi) is 11.9. The van der Waals surface area contributed by atoms with Gasteiger partial charge in [0.2, 0.25) is 17.7 Å². The first-order chi connectivity index (χ1) is 20.0. The van der Waals surface area contributed by atoms with Gasteiger partial charge in [0.1, 0.15) is 17.8 Å². The van der Waals surface area contributed by atoms with Crippen molar-refractivity contribution in [3.63, 3.8) is 0 Å². The van der Waals surface area contributed by atoms with Crippen molar-refractivity contribution in [1.29, 1.82) is 0 Å². The fourth-order valence-electron chi connectivity index (χ4n) is 5.60. The van der Waals surface area contributed by atoms with Crippen molar-refractivity contribution < 1.29 is 34.5 Å². The van der Waals surface area contributed by atoms with Crippen molar-refractivity contribution in [2.75, 3.05) is 26.7 Å². The Bertz CT molecular complexity index is 1200. The van der Waals surface area contributed by atoms with Crippen LogP contribution in [0.25, 0.3) is 0 Å². The molecule has 0 spiro atoms. The number of phenols is 1. The molecule has 0 aliphatic carbocycles. The Labute approximate surface area is 246 Å². The first kappa shape index (κ1) is 32.6. The van der Waals surface area contributed by atoms with Crippen molar-refractivity contribution in [3.05, 3.63) is 65.7 Å². The predicted octanol–water partition coefficient (Wildman–Crippen LogP) is 1.40. The molecule has 11 nitrogen and oxygen atoms in total. The van der Waals surface area contributed by atoms with Gasteiger partial charge in [-0.3, -0.25) is 19.2 Å². The highest BCUT2D eigenvalue weighted by Crippen LogP contribution is 2.25. The molecule has 0 unspecified atom stereocenters. The van der Waals surface area contributed by atoms with Gasteiger partial charge in [-0.1, -0.05) is 42.5 Å². The van der Waals surface area contributed by atoms with E-state index in [1.807, 2.05) is 30.3 Å². The van der Waals surface area contributed by atoms with E-state index >= 15 is 0 Å². The summed E-state index contributed by atoms with van der Waals surface area (Å²) in [5, 5.41) is 26.7. The number of rotatable bonds is 9. The highest BCUT2D eigenvalue weighted by Gasteiger charge is 2.42. The fraction of sp³-hybridized carbons (Fsp3) is 0.484. The summed E-state index contributed by atoms with van der Waals surface area (Å²) in [6.45, 7) is 1.96. The molecule has 3 amide bonds. The summed E-state index contributed by atoms with van der Waals surface area (Å²) < 4.78 is 0. The number of carboxylic acid groups (broad SMARTS) is 1. The topological polar surface area (TPSA) is 165 Å². The first-order valence-electron chi connectivity index (χ1n) is 14.3. The second kappa shape index (κ2) is 15.3. The van der Waals surface area contributed by atoms with E-state index in [-0.39, 0.29) is 36.1 Å². The van der Waals surface area contributed by atoms with Gasteiger partial charge in [-0.15, -0.1) is 0 Å². The Morgan fingerprint density at radius 3 is 2.10 bits per heavy atom. The lowest BCUT2D eigenvalue weighted by Crippen LogP contribution is -2.57. The molecule has 228 valence electrons. The summed E-state index contributed by atoms with van der Waals surface area (Å²) in [7, 11) is 1.63. The standard InChI is InChI=1S/C29H38N4O5.C2H4O2/c1-31(26(18-20-7-3-2-4-8-20)29(38)32-15-5-9-22(32)19-34)28(37)25-10-6-16-33(25)27(36)24(30)17-21-11-13-23(35)14-12-21;1-2(3)4/h2-4,7-8,11-14,22,24-26,34-35H,5-6,9-10,15-19,30H2,1H3;1H3,(H,3,4)/t22-,24+,25+,26+;/m1./s1. The minimum atomic E-state index is -0.833. The lowest BCUT2D eigenvalue weighted by atomic mass is 10.0. The lowest BCUT2D eigenvalue weighted by Gasteiger charge is -2.36. The largest absolute Gasteiger partial charge is 0.508 e. The number of amides is 3. The number of carbonyl (C=O) groups excluding carboxylic acids is 3. The van der Waals surface area contributed by atoms with Crippen molar-refractivity contribution in [2.24, 2.45) is 5.73 Å². The number of aliphatic hydroxyl groups is 1. The zero-order valence-corrected chi connectivity index (χ0v) is 24.3. The molecule has 2 aromatic rings. The summed E-state index contributed by atoms with van der Waals surface area (Å²) >= 11 is 0. The van der Waals surface area contributed by atoms with E-state index in [0.29, 0.717) is 38.8 Å². The van der Waals surface area contributed by atoms with Gasteiger partial charge < -0.3 is 35.8 Å². The highest BCUT2D eigenvalue weighted by atomic mass is 16.4. The van der Waals surface area contributed by atoms with Crippen molar-refractivity contribution in [1.82, 2.24) is 14.7 Å². The van der Waals surface area contributed by atoms with Crippen LogP contribution in [0.5, 0.6) is 5.75 Å². The van der Waals surface area contributed by atoms with E-state index in [1.165, 1.54) is 4.90 Å². The average molecular weight is 583 g/mol. The summed E-state index contributed by atoms with van der Waals surface area (Å²) in [5.74, 6) is -1.45. The van der Waals surface area contributed by atoms with Gasteiger partial charge in [0, 0.05) is 33.5 Å². The molecule has 2 saturated heterocycles. The SMILES string of the molecule is CC(=O)O.CN(C(=O)[C@@H]1CCCN1C(=O)[C@@H](N)Cc1ccc(O)cc1)[C@@H](Cc1ccccc1)C(=O)N1CCC[C@@H]1CO. The van der Waals surface area contributed by atoms with Gasteiger partial charge in [0.15, 0.2) is 0 Å². The number of nitrogens with two attached hydrogens (primary N) is 1. The monoisotopic (exact) mass is 582 g/mol. The second-order valence-electron chi connectivity index (χ2n) is 10.9. The number of carbonyl (C=O) groups is 4. The van der Waals surface area contributed by atoms with Gasteiger partial charge >= 0.3 is 0 Å². The van der Waals surface area contributed by atoms with E-state index in [0.717, 1.165) is 30.9 Å². The number of aromatic hydroxyl groups is 1. The maximum absolute atomic E-state index is 13.8. The third-order valence-corrected chi connectivity index (χ3v) is 7.77. The van der Waals surface area contributed by atoms with Crippen LogP contribution in [0.4, 0.5) is 0 Å². The number of phenolic OH excluding ortho intramolecular Hbond substituents is 1. The molecule has 5 N–H and O–H groups in total. The van der Waals surface area contributed by atoms with Crippen molar-refractivity contribution in [2.45, 2.75) is 69.6 Å². The van der Waals surface area contributed by atoms with Gasteiger partial charge in [0.25, 0.3) is 5.97 Å². The number of aliphatic hydroxyl groups excluding tert-OH is 1. The Balaban J connectivity index is 0.00000114. The summed E-state index contributed by atoms with van der Waals surface area (Å²) in [5.41, 5.74) is 8.02. The quantitative estimate of drug-likeness (QED) is 0.345. The normalized spacial score (nSPS) is 19.4. The molecule has 0 saturated carbocycles. The number of benzene rings is 2.